The van der Waals surface area contributed by atoms with Crippen molar-refractivity contribution in [2.45, 2.75) is 31.4 Å². The van der Waals surface area contributed by atoms with Gasteiger partial charge in [-0.25, -0.2) is 9.59 Å². The molecule has 1 saturated heterocycles. The second-order valence-electron chi connectivity index (χ2n) is 4.53. The molecule has 0 radical (unpaired) electrons. The third kappa shape index (κ3) is 4.68. The lowest BCUT2D eigenvalue weighted by Crippen LogP contribution is -2.46. The summed E-state index contributed by atoms with van der Waals surface area (Å²) in [6.07, 6.45) is 1.79. The second-order valence-corrected chi connectivity index (χ2v) is 4.53. The number of ether oxygens (including phenoxy) is 2. The van der Waals surface area contributed by atoms with Crippen LogP contribution >= 0.6 is 0 Å². The Labute approximate surface area is 112 Å². The highest BCUT2D eigenvalue weighted by Crippen LogP contribution is 2.20. The van der Waals surface area contributed by atoms with Crippen LogP contribution in [0.4, 0.5) is 4.79 Å². The zero-order chi connectivity index (χ0) is 14.3. The molecule has 2 atom stereocenters. The van der Waals surface area contributed by atoms with E-state index in [4.69, 9.17) is 14.6 Å². The molecule has 1 aliphatic rings. The summed E-state index contributed by atoms with van der Waals surface area (Å²) in [6, 6.07) is -1.15. The van der Waals surface area contributed by atoms with Crippen LogP contribution in [0.2, 0.25) is 0 Å². The molecule has 0 aromatic rings. The van der Waals surface area contributed by atoms with Gasteiger partial charge in [0, 0.05) is 40.3 Å². The van der Waals surface area contributed by atoms with Gasteiger partial charge in [0.1, 0.15) is 6.04 Å². The van der Waals surface area contributed by atoms with Gasteiger partial charge in [-0.3, -0.25) is 0 Å². The highest BCUT2D eigenvalue weighted by molar-refractivity contribution is 5.83. The Bertz CT molecular complexity index is 310. The van der Waals surface area contributed by atoms with Crippen LogP contribution in [0.5, 0.6) is 0 Å². The van der Waals surface area contributed by atoms with Crippen molar-refractivity contribution >= 4 is 12.0 Å². The maximum Gasteiger partial charge on any atom is 0.326 e. The van der Waals surface area contributed by atoms with Gasteiger partial charge < -0.3 is 24.8 Å². The van der Waals surface area contributed by atoms with E-state index in [1.165, 1.54) is 12.0 Å². The van der Waals surface area contributed by atoms with E-state index in [9.17, 15) is 9.59 Å². The van der Waals surface area contributed by atoms with Crippen molar-refractivity contribution in [2.24, 2.45) is 0 Å². The average Bonchev–Trinajstić information content (AvgIpc) is 2.82. The van der Waals surface area contributed by atoms with Gasteiger partial charge in [0.15, 0.2) is 0 Å². The second kappa shape index (κ2) is 7.96. The van der Waals surface area contributed by atoms with Gasteiger partial charge in [0.05, 0.1) is 6.10 Å². The van der Waals surface area contributed by atoms with E-state index < -0.39 is 12.0 Å². The van der Waals surface area contributed by atoms with Crippen molar-refractivity contribution in [3.05, 3.63) is 0 Å². The molecule has 0 aliphatic carbocycles. The molecule has 19 heavy (non-hydrogen) atoms. The van der Waals surface area contributed by atoms with E-state index >= 15 is 0 Å². The van der Waals surface area contributed by atoms with Gasteiger partial charge in [0.2, 0.25) is 0 Å². The number of carboxylic acid groups (broad SMARTS) is 1. The van der Waals surface area contributed by atoms with Gasteiger partial charge in [-0.05, 0) is 12.8 Å². The van der Waals surface area contributed by atoms with Crippen LogP contribution in [-0.2, 0) is 14.3 Å². The number of aliphatic carboxylic acids is 1. The topological polar surface area (TPSA) is 88.1 Å². The number of hydrogen-bond acceptors (Lipinski definition) is 4. The first-order chi connectivity index (χ1) is 9.10. The molecule has 0 bridgehead atoms. The van der Waals surface area contributed by atoms with Crippen molar-refractivity contribution in [1.82, 2.24) is 10.2 Å². The zero-order valence-electron chi connectivity index (χ0n) is 11.4. The number of likely N-dealkylation sites (tertiary alicyclic amines) is 1. The van der Waals surface area contributed by atoms with E-state index in [0.29, 0.717) is 26.1 Å². The number of carbonyl (C=O) groups excluding carboxylic acids is 1. The summed E-state index contributed by atoms with van der Waals surface area (Å²) < 4.78 is 10.0. The normalized spacial score (nSPS) is 22.5. The van der Waals surface area contributed by atoms with E-state index in [1.54, 1.807) is 7.11 Å². The third-order valence-electron chi connectivity index (χ3n) is 3.19. The molecular weight excluding hydrogens is 252 g/mol. The van der Waals surface area contributed by atoms with Crippen LogP contribution in [0.15, 0.2) is 0 Å². The molecule has 1 heterocycles. The fraction of sp³-hybridized carbons (Fsp3) is 0.833. The third-order valence-corrected chi connectivity index (χ3v) is 3.19. The monoisotopic (exact) mass is 274 g/mol. The Balaban J connectivity index is 2.39. The summed E-state index contributed by atoms with van der Waals surface area (Å²) in [7, 11) is 3.15. The maximum atomic E-state index is 11.9. The van der Waals surface area contributed by atoms with Crippen molar-refractivity contribution in [3.63, 3.8) is 0 Å². The molecule has 110 valence electrons. The Morgan fingerprint density at radius 1 is 1.37 bits per heavy atom. The van der Waals surface area contributed by atoms with Gasteiger partial charge in [0.25, 0.3) is 0 Å². The van der Waals surface area contributed by atoms with Gasteiger partial charge in [-0.1, -0.05) is 0 Å². The predicted octanol–water partition coefficient (Wildman–Crippen LogP) is 0.297. The van der Waals surface area contributed by atoms with Gasteiger partial charge >= 0.3 is 12.0 Å². The van der Waals surface area contributed by atoms with E-state index in [0.717, 1.165) is 12.8 Å². The summed E-state index contributed by atoms with van der Waals surface area (Å²) in [6.45, 7) is 1.49. The Morgan fingerprint density at radius 2 is 2.11 bits per heavy atom. The standard InChI is InChI=1S/C12H22N2O5/c1-18-6-4-3-5-13-12(17)14-8-9(19-2)7-10(14)11(15)16/h9-10H,3-8H2,1-2H3,(H,13,17)(H,15,16). The molecule has 1 aliphatic heterocycles. The van der Waals surface area contributed by atoms with Crippen molar-refractivity contribution < 1.29 is 24.2 Å². The van der Waals surface area contributed by atoms with Crippen LogP contribution in [0, 0.1) is 0 Å². The fourth-order valence-corrected chi connectivity index (χ4v) is 2.10. The summed E-state index contributed by atoms with van der Waals surface area (Å²) in [5.74, 6) is -0.992. The number of methoxy groups -OCH3 is 2. The SMILES string of the molecule is COCCCCNC(=O)N1CC(OC)CC1C(=O)O. The molecular formula is C12H22N2O5. The number of urea groups is 1. The summed E-state index contributed by atoms with van der Waals surface area (Å²) in [4.78, 5) is 24.3. The first-order valence-electron chi connectivity index (χ1n) is 6.39. The van der Waals surface area contributed by atoms with Crippen molar-refractivity contribution in [1.29, 1.82) is 0 Å². The number of carbonyl (C=O) groups is 2. The number of rotatable bonds is 7. The Hall–Kier alpha value is -1.34. The number of nitrogens with zero attached hydrogens (tertiary/aromatic N) is 1. The van der Waals surface area contributed by atoms with Crippen LogP contribution in [-0.4, -0.2) is 68.1 Å². The average molecular weight is 274 g/mol. The van der Waals surface area contributed by atoms with Crippen molar-refractivity contribution in [2.75, 3.05) is 33.9 Å². The fourth-order valence-electron chi connectivity index (χ4n) is 2.10. The van der Waals surface area contributed by atoms with Gasteiger partial charge in [-0.2, -0.15) is 0 Å². The molecule has 0 saturated carbocycles. The molecule has 0 aromatic carbocycles. The highest BCUT2D eigenvalue weighted by atomic mass is 16.5. The lowest BCUT2D eigenvalue weighted by Gasteiger charge is -2.21. The lowest BCUT2D eigenvalue weighted by atomic mass is 10.2. The highest BCUT2D eigenvalue weighted by Gasteiger charge is 2.39. The van der Waals surface area contributed by atoms with Crippen molar-refractivity contribution in [3.8, 4) is 0 Å². The lowest BCUT2D eigenvalue weighted by molar-refractivity contribution is -0.141. The molecule has 7 nitrogen and oxygen atoms in total. The number of carboxylic acids is 1. The number of hydrogen-bond donors (Lipinski definition) is 2. The van der Waals surface area contributed by atoms with Crippen LogP contribution in [0.1, 0.15) is 19.3 Å². The minimum Gasteiger partial charge on any atom is -0.480 e. The minimum atomic E-state index is -0.992. The van der Waals surface area contributed by atoms with Crippen LogP contribution in [0.3, 0.4) is 0 Å². The number of nitrogens with one attached hydrogen (secondary N) is 1. The first kappa shape index (κ1) is 15.7. The predicted molar refractivity (Wildman–Crippen MR) is 68.1 cm³/mol. The Morgan fingerprint density at radius 3 is 2.68 bits per heavy atom. The van der Waals surface area contributed by atoms with E-state index in [1.807, 2.05) is 0 Å². The van der Waals surface area contributed by atoms with Crippen LogP contribution < -0.4 is 5.32 Å². The molecule has 1 rings (SSSR count). The van der Waals surface area contributed by atoms with Gasteiger partial charge in [-0.15, -0.1) is 0 Å². The molecule has 2 amide bonds. The molecule has 2 unspecified atom stereocenters. The largest absolute Gasteiger partial charge is 0.480 e. The van der Waals surface area contributed by atoms with E-state index in [2.05, 4.69) is 5.32 Å². The molecule has 0 spiro atoms. The quantitative estimate of drug-likeness (QED) is 0.652. The number of amides is 2. The van der Waals surface area contributed by atoms with E-state index in [-0.39, 0.29) is 12.1 Å². The summed E-state index contributed by atoms with van der Waals surface area (Å²) >= 11 is 0. The first-order valence-corrected chi connectivity index (χ1v) is 6.39. The van der Waals surface area contributed by atoms with Crippen LogP contribution in [0.25, 0.3) is 0 Å². The number of unbranched alkanes of at least 4 members (excludes halogenated alkanes) is 1. The Kier molecular flexibility index (Phi) is 6.58. The molecule has 0 aromatic heterocycles. The molecule has 7 heteroatoms. The zero-order valence-corrected chi connectivity index (χ0v) is 11.4. The maximum absolute atomic E-state index is 11.9. The molecule has 1 fully saturated rings. The summed E-state index contributed by atoms with van der Waals surface area (Å²) in [5.41, 5.74) is 0. The molecule has 2 N–H and O–H groups in total. The minimum absolute atomic E-state index is 0.208. The smallest absolute Gasteiger partial charge is 0.326 e. The summed E-state index contributed by atoms with van der Waals surface area (Å²) in [5, 5.41) is 11.8.